The topological polar surface area (TPSA) is 75.2 Å². The van der Waals surface area contributed by atoms with Crippen LogP contribution in [0, 0.1) is 5.92 Å². The zero-order valence-corrected chi connectivity index (χ0v) is 22.5. The van der Waals surface area contributed by atoms with Gasteiger partial charge in [-0.1, -0.05) is 43.5 Å². The van der Waals surface area contributed by atoms with Crippen molar-refractivity contribution in [3.05, 3.63) is 35.4 Å². The Morgan fingerprint density at radius 3 is 2.64 bits per heavy atom. The van der Waals surface area contributed by atoms with Crippen LogP contribution in [0.4, 0.5) is 0 Å². The van der Waals surface area contributed by atoms with E-state index in [1.807, 2.05) is 6.92 Å². The maximum atomic E-state index is 12.8. The van der Waals surface area contributed by atoms with Crippen molar-refractivity contribution in [2.45, 2.75) is 64.6 Å². The van der Waals surface area contributed by atoms with Crippen LogP contribution in [0.2, 0.25) is 0 Å². The number of nitrogens with one attached hydrogen (secondary N) is 2. The standard InChI is InChI=1S/C25H40N4O3.HI/c1-3-31-14-15-32-19-21-9-7-8-20(16-21)17-27-25(26-2)28-23-12-13-29(18-23)24(30)22-10-5-4-6-11-22;/h7-9,16,22-23H,3-6,10-15,17-19H2,1-2H3,(H2,26,27,28);1H. The molecule has 1 unspecified atom stereocenters. The summed E-state index contributed by atoms with van der Waals surface area (Å²) in [4.78, 5) is 19.2. The molecule has 1 aliphatic heterocycles. The van der Waals surface area contributed by atoms with Gasteiger partial charge in [-0.05, 0) is 37.3 Å². The Morgan fingerprint density at radius 1 is 1.12 bits per heavy atom. The number of halogens is 1. The number of aliphatic imine (C=N–C) groups is 1. The minimum Gasteiger partial charge on any atom is -0.379 e. The van der Waals surface area contributed by atoms with Gasteiger partial charge in [-0.3, -0.25) is 9.79 Å². The summed E-state index contributed by atoms with van der Waals surface area (Å²) in [5.41, 5.74) is 2.33. The molecule has 3 rings (SSSR count). The van der Waals surface area contributed by atoms with Crippen LogP contribution in [0.15, 0.2) is 29.3 Å². The molecule has 1 saturated heterocycles. The highest BCUT2D eigenvalue weighted by Crippen LogP contribution is 2.26. The van der Waals surface area contributed by atoms with Gasteiger partial charge in [0.1, 0.15) is 0 Å². The van der Waals surface area contributed by atoms with Crippen molar-refractivity contribution in [2.75, 3.05) is 40.0 Å². The summed E-state index contributed by atoms with van der Waals surface area (Å²) in [7, 11) is 1.79. The number of carbonyl (C=O) groups is 1. The number of amides is 1. The molecule has 2 N–H and O–H groups in total. The minimum absolute atomic E-state index is 0. The van der Waals surface area contributed by atoms with E-state index in [-0.39, 0.29) is 35.9 Å². The van der Waals surface area contributed by atoms with E-state index in [1.54, 1.807) is 7.05 Å². The highest BCUT2D eigenvalue weighted by Gasteiger charge is 2.31. The number of hydrogen-bond acceptors (Lipinski definition) is 4. The maximum Gasteiger partial charge on any atom is 0.225 e. The monoisotopic (exact) mass is 572 g/mol. The molecule has 0 bridgehead atoms. The molecule has 1 aliphatic carbocycles. The second-order valence-electron chi connectivity index (χ2n) is 8.74. The van der Waals surface area contributed by atoms with Crippen LogP contribution in [-0.4, -0.2) is 62.8 Å². The molecule has 1 aromatic carbocycles. The van der Waals surface area contributed by atoms with Crippen LogP contribution in [0.25, 0.3) is 0 Å². The van der Waals surface area contributed by atoms with Gasteiger partial charge in [0.05, 0.1) is 19.8 Å². The SMILES string of the molecule is CCOCCOCc1cccc(CNC(=NC)NC2CCN(C(=O)C3CCCCC3)C2)c1.I. The van der Waals surface area contributed by atoms with Crippen molar-refractivity contribution in [3.8, 4) is 0 Å². The van der Waals surface area contributed by atoms with E-state index in [0.29, 0.717) is 32.3 Å². The zero-order valence-electron chi connectivity index (χ0n) is 20.2. The van der Waals surface area contributed by atoms with Gasteiger partial charge in [-0.25, -0.2) is 0 Å². The lowest BCUT2D eigenvalue weighted by Gasteiger charge is -2.26. The van der Waals surface area contributed by atoms with E-state index in [0.717, 1.165) is 50.5 Å². The Labute approximate surface area is 216 Å². The predicted molar refractivity (Wildman–Crippen MR) is 143 cm³/mol. The molecule has 1 saturated carbocycles. The first-order chi connectivity index (χ1) is 15.7. The molecule has 0 spiro atoms. The van der Waals surface area contributed by atoms with Crippen molar-refractivity contribution in [2.24, 2.45) is 10.9 Å². The lowest BCUT2D eigenvalue weighted by molar-refractivity contribution is -0.135. The summed E-state index contributed by atoms with van der Waals surface area (Å²) in [5, 5.41) is 6.90. The second kappa shape index (κ2) is 15.5. The molecular weight excluding hydrogens is 531 g/mol. The van der Waals surface area contributed by atoms with Crippen LogP contribution in [0.3, 0.4) is 0 Å². The van der Waals surface area contributed by atoms with E-state index >= 15 is 0 Å². The summed E-state index contributed by atoms with van der Waals surface area (Å²) in [6.45, 7) is 6.82. The molecule has 33 heavy (non-hydrogen) atoms. The van der Waals surface area contributed by atoms with Crippen molar-refractivity contribution < 1.29 is 14.3 Å². The number of carbonyl (C=O) groups excluding carboxylic acids is 1. The third-order valence-corrected chi connectivity index (χ3v) is 6.31. The van der Waals surface area contributed by atoms with Crippen molar-refractivity contribution in [1.29, 1.82) is 0 Å². The quantitative estimate of drug-likeness (QED) is 0.194. The molecule has 0 radical (unpaired) electrons. The Hall–Kier alpha value is -1.39. The molecule has 8 heteroatoms. The van der Waals surface area contributed by atoms with Gasteiger partial charge in [0.15, 0.2) is 5.96 Å². The van der Waals surface area contributed by atoms with Crippen LogP contribution >= 0.6 is 24.0 Å². The molecule has 7 nitrogen and oxygen atoms in total. The number of ether oxygens (including phenoxy) is 2. The Bertz CT molecular complexity index is 740. The van der Waals surface area contributed by atoms with E-state index in [2.05, 4.69) is 44.8 Å². The number of rotatable bonds is 10. The van der Waals surface area contributed by atoms with E-state index in [1.165, 1.54) is 24.8 Å². The third-order valence-electron chi connectivity index (χ3n) is 6.31. The van der Waals surface area contributed by atoms with Gasteiger partial charge in [-0.15, -0.1) is 24.0 Å². The normalized spacial score (nSPS) is 19.3. The summed E-state index contributed by atoms with van der Waals surface area (Å²) < 4.78 is 11.0. The number of guanidine groups is 1. The molecule has 1 aromatic rings. The van der Waals surface area contributed by atoms with E-state index in [4.69, 9.17) is 9.47 Å². The molecule has 2 aliphatic rings. The molecule has 186 valence electrons. The average molecular weight is 573 g/mol. The molecule has 2 fully saturated rings. The third kappa shape index (κ3) is 9.41. The predicted octanol–water partition coefficient (Wildman–Crippen LogP) is 3.70. The van der Waals surface area contributed by atoms with Crippen molar-refractivity contribution in [3.63, 3.8) is 0 Å². The van der Waals surface area contributed by atoms with Gasteiger partial charge < -0.3 is 25.0 Å². The van der Waals surface area contributed by atoms with Gasteiger partial charge >= 0.3 is 0 Å². The first-order valence-electron chi connectivity index (χ1n) is 12.2. The number of likely N-dealkylation sites (tertiary alicyclic amines) is 1. The zero-order chi connectivity index (χ0) is 22.6. The van der Waals surface area contributed by atoms with Crippen LogP contribution in [0.1, 0.15) is 56.6 Å². The molecule has 0 aromatic heterocycles. The summed E-state index contributed by atoms with van der Waals surface area (Å²) in [5.74, 6) is 1.38. The first kappa shape index (κ1) is 27.9. The van der Waals surface area contributed by atoms with Crippen LogP contribution in [-0.2, 0) is 27.4 Å². The van der Waals surface area contributed by atoms with Crippen molar-refractivity contribution >= 4 is 35.8 Å². The van der Waals surface area contributed by atoms with Gasteiger partial charge in [0.2, 0.25) is 5.91 Å². The second-order valence-corrected chi connectivity index (χ2v) is 8.74. The van der Waals surface area contributed by atoms with E-state index in [9.17, 15) is 4.79 Å². The largest absolute Gasteiger partial charge is 0.379 e. The van der Waals surface area contributed by atoms with Crippen LogP contribution < -0.4 is 10.6 Å². The molecule has 1 atom stereocenters. The fourth-order valence-corrected chi connectivity index (χ4v) is 4.54. The fourth-order valence-electron chi connectivity index (χ4n) is 4.54. The number of benzene rings is 1. The Balaban J connectivity index is 0.00000385. The summed E-state index contributed by atoms with van der Waals surface area (Å²) in [6, 6.07) is 8.64. The molecule has 1 heterocycles. The van der Waals surface area contributed by atoms with Gasteiger partial charge in [-0.2, -0.15) is 0 Å². The van der Waals surface area contributed by atoms with Crippen molar-refractivity contribution in [1.82, 2.24) is 15.5 Å². The van der Waals surface area contributed by atoms with Gasteiger partial charge in [0, 0.05) is 45.2 Å². The van der Waals surface area contributed by atoms with Crippen LogP contribution in [0.5, 0.6) is 0 Å². The fraction of sp³-hybridized carbons (Fsp3) is 0.680. The lowest BCUT2D eigenvalue weighted by Crippen LogP contribution is -2.45. The van der Waals surface area contributed by atoms with Gasteiger partial charge in [0.25, 0.3) is 0 Å². The number of hydrogen-bond donors (Lipinski definition) is 2. The Morgan fingerprint density at radius 2 is 1.88 bits per heavy atom. The smallest absolute Gasteiger partial charge is 0.225 e. The Kier molecular flexibility index (Phi) is 13.1. The minimum atomic E-state index is 0. The molecular formula is C25H41IN4O3. The molecule has 1 amide bonds. The summed E-state index contributed by atoms with van der Waals surface area (Å²) >= 11 is 0. The first-order valence-corrected chi connectivity index (χ1v) is 12.2. The highest BCUT2D eigenvalue weighted by molar-refractivity contribution is 14.0. The lowest BCUT2D eigenvalue weighted by atomic mass is 9.88. The summed E-state index contributed by atoms with van der Waals surface area (Å²) in [6.07, 6.45) is 6.76. The average Bonchev–Trinajstić information content (AvgIpc) is 3.30. The highest BCUT2D eigenvalue weighted by atomic mass is 127. The number of nitrogens with zero attached hydrogens (tertiary/aromatic N) is 2. The maximum absolute atomic E-state index is 12.8. The van der Waals surface area contributed by atoms with E-state index < -0.39 is 0 Å².